The second kappa shape index (κ2) is 4.85. The number of aryl methyl sites for hydroxylation is 2. The van der Waals surface area contributed by atoms with Crippen molar-refractivity contribution in [2.75, 3.05) is 13.1 Å². The maximum Gasteiger partial charge on any atom is 0.264 e. The Bertz CT molecular complexity index is 515. The molecular weight excluding hydrogens is 268 g/mol. The number of fused-ring (bicyclic) bond motifs is 2. The summed E-state index contributed by atoms with van der Waals surface area (Å²) in [5.41, 5.74) is 1.44. The van der Waals surface area contributed by atoms with Crippen molar-refractivity contribution in [1.82, 2.24) is 10.2 Å². The van der Waals surface area contributed by atoms with Crippen molar-refractivity contribution in [3.63, 3.8) is 0 Å². The summed E-state index contributed by atoms with van der Waals surface area (Å²) >= 11 is 1.75. The van der Waals surface area contributed by atoms with E-state index >= 15 is 0 Å². The topological polar surface area (TPSA) is 32.3 Å². The third-order valence-electron chi connectivity index (χ3n) is 5.22. The minimum atomic E-state index is 0.285. The number of nitrogens with zero attached hydrogens (tertiary/aromatic N) is 1. The molecule has 108 valence electrons. The smallest absolute Gasteiger partial charge is 0.264 e. The van der Waals surface area contributed by atoms with Gasteiger partial charge in [0.15, 0.2) is 0 Å². The molecule has 1 N–H and O–H groups in total. The normalized spacial score (nSPS) is 32.2. The van der Waals surface area contributed by atoms with Gasteiger partial charge in [0.05, 0.1) is 4.88 Å². The molecule has 2 fully saturated rings. The lowest BCUT2D eigenvalue weighted by Crippen LogP contribution is -2.42. The van der Waals surface area contributed by atoms with Crippen LogP contribution in [0.4, 0.5) is 0 Å². The first-order valence-corrected chi connectivity index (χ1v) is 8.70. The summed E-state index contributed by atoms with van der Waals surface area (Å²) in [7, 11) is 0. The molecule has 0 bridgehead atoms. The van der Waals surface area contributed by atoms with Crippen LogP contribution >= 0.6 is 11.3 Å². The Morgan fingerprint density at radius 3 is 3.05 bits per heavy atom. The van der Waals surface area contributed by atoms with E-state index in [4.69, 9.17) is 0 Å². The molecule has 0 saturated carbocycles. The van der Waals surface area contributed by atoms with Gasteiger partial charge in [0.1, 0.15) is 0 Å². The van der Waals surface area contributed by atoms with Gasteiger partial charge in [-0.1, -0.05) is 0 Å². The average molecular weight is 290 g/mol. The summed E-state index contributed by atoms with van der Waals surface area (Å²) in [5, 5.41) is 3.44. The molecule has 1 aromatic heterocycles. The van der Waals surface area contributed by atoms with Gasteiger partial charge in [-0.2, -0.15) is 0 Å². The molecular formula is C16H22N2OS. The summed E-state index contributed by atoms with van der Waals surface area (Å²) in [4.78, 5) is 17.5. The van der Waals surface area contributed by atoms with E-state index in [-0.39, 0.29) is 5.91 Å². The second-order valence-corrected chi connectivity index (χ2v) is 7.69. The Labute approximate surface area is 124 Å². The molecule has 3 atom stereocenters. The molecule has 0 spiro atoms. The number of thiophene rings is 1. The van der Waals surface area contributed by atoms with Crippen molar-refractivity contribution in [2.45, 2.75) is 51.1 Å². The summed E-state index contributed by atoms with van der Waals surface area (Å²) < 4.78 is 0. The van der Waals surface area contributed by atoms with Crippen LogP contribution in [-0.2, 0) is 12.8 Å². The number of carbonyl (C=O) groups excluding carboxylic acids is 1. The van der Waals surface area contributed by atoms with Gasteiger partial charge in [-0.15, -0.1) is 11.3 Å². The fourth-order valence-electron chi connectivity index (χ4n) is 4.24. The molecule has 0 aromatic carbocycles. The fraction of sp³-hybridized carbons (Fsp3) is 0.688. The lowest BCUT2D eigenvalue weighted by atomic mass is 9.99. The number of carbonyl (C=O) groups is 1. The highest BCUT2D eigenvalue weighted by atomic mass is 32.1. The molecule has 2 saturated heterocycles. The van der Waals surface area contributed by atoms with Crippen LogP contribution in [0.25, 0.3) is 0 Å². The zero-order chi connectivity index (χ0) is 13.7. The molecule has 3 unspecified atom stereocenters. The maximum atomic E-state index is 12.9. The molecule has 4 rings (SSSR count). The minimum Gasteiger partial charge on any atom is -0.331 e. The molecule has 1 aromatic rings. The number of nitrogens with one attached hydrogen (secondary N) is 1. The van der Waals surface area contributed by atoms with Crippen molar-refractivity contribution < 1.29 is 4.79 Å². The van der Waals surface area contributed by atoms with Crippen molar-refractivity contribution in [3.8, 4) is 0 Å². The highest BCUT2D eigenvalue weighted by molar-refractivity contribution is 7.14. The molecule has 1 amide bonds. The van der Waals surface area contributed by atoms with E-state index in [1.165, 1.54) is 36.1 Å². The minimum absolute atomic E-state index is 0.285. The summed E-state index contributed by atoms with van der Waals surface area (Å²) in [6.07, 6.45) is 6.08. The Morgan fingerprint density at radius 2 is 2.20 bits per heavy atom. The molecule has 4 heteroatoms. The lowest BCUT2D eigenvalue weighted by molar-refractivity contribution is 0.0687. The summed E-state index contributed by atoms with van der Waals surface area (Å²) in [6.45, 7) is 4.27. The van der Waals surface area contributed by atoms with Gasteiger partial charge >= 0.3 is 0 Å². The lowest BCUT2D eigenvalue weighted by Gasteiger charge is -2.27. The van der Waals surface area contributed by atoms with Crippen LogP contribution in [0.5, 0.6) is 0 Å². The van der Waals surface area contributed by atoms with Gasteiger partial charge in [0, 0.05) is 30.1 Å². The van der Waals surface area contributed by atoms with Gasteiger partial charge in [0.2, 0.25) is 0 Å². The first kappa shape index (κ1) is 12.8. The van der Waals surface area contributed by atoms with E-state index in [0.717, 1.165) is 24.4 Å². The largest absolute Gasteiger partial charge is 0.331 e. The number of hydrogen-bond acceptors (Lipinski definition) is 3. The summed E-state index contributed by atoms with van der Waals surface area (Å²) in [5.74, 6) is 0.955. The second-order valence-electron chi connectivity index (χ2n) is 6.55. The van der Waals surface area contributed by atoms with Gasteiger partial charge in [-0.25, -0.2) is 0 Å². The Hall–Kier alpha value is -0.870. The van der Waals surface area contributed by atoms with Crippen LogP contribution in [0, 0.1) is 5.92 Å². The standard InChI is InChI=1S/C16H22N2OS/c1-10-6-12-8-17-9-13(12)18(10)16(19)15-7-11-4-2-3-5-14(11)20-15/h7,10,12-13,17H,2-6,8-9H2,1H3. The number of hydrogen-bond donors (Lipinski definition) is 1. The van der Waals surface area contributed by atoms with Crippen molar-refractivity contribution >= 4 is 17.2 Å². The van der Waals surface area contributed by atoms with E-state index in [1.807, 2.05) is 0 Å². The Balaban J connectivity index is 1.61. The van der Waals surface area contributed by atoms with E-state index in [2.05, 4.69) is 23.2 Å². The van der Waals surface area contributed by atoms with Gasteiger partial charge in [0.25, 0.3) is 5.91 Å². The Kier molecular flexibility index (Phi) is 3.11. The van der Waals surface area contributed by atoms with Gasteiger partial charge in [-0.05, 0) is 56.6 Å². The predicted octanol–water partition coefficient (Wildman–Crippen LogP) is 2.45. The SMILES string of the molecule is CC1CC2CNCC2N1C(=O)c1cc2c(s1)CCCC2. The van der Waals surface area contributed by atoms with E-state index in [0.29, 0.717) is 18.0 Å². The van der Waals surface area contributed by atoms with Crippen LogP contribution in [0.1, 0.15) is 46.3 Å². The molecule has 1 aliphatic carbocycles. The molecule has 20 heavy (non-hydrogen) atoms. The molecule has 3 aliphatic rings. The quantitative estimate of drug-likeness (QED) is 0.861. The number of likely N-dealkylation sites (tertiary alicyclic amines) is 1. The third kappa shape index (κ3) is 1.92. The number of rotatable bonds is 1. The van der Waals surface area contributed by atoms with Crippen molar-refractivity contribution in [2.24, 2.45) is 5.92 Å². The highest BCUT2D eigenvalue weighted by Crippen LogP contribution is 2.36. The van der Waals surface area contributed by atoms with Crippen LogP contribution < -0.4 is 5.32 Å². The van der Waals surface area contributed by atoms with Gasteiger partial charge in [-0.3, -0.25) is 4.79 Å². The summed E-state index contributed by atoms with van der Waals surface area (Å²) in [6, 6.07) is 3.01. The molecule has 2 aliphatic heterocycles. The first-order chi connectivity index (χ1) is 9.74. The molecule has 0 radical (unpaired) electrons. The zero-order valence-electron chi connectivity index (χ0n) is 12.0. The third-order valence-corrected chi connectivity index (χ3v) is 6.45. The van der Waals surface area contributed by atoms with Gasteiger partial charge < -0.3 is 10.2 Å². The van der Waals surface area contributed by atoms with E-state index < -0.39 is 0 Å². The maximum absolute atomic E-state index is 12.9. The molecule has 3 heterocycles. The molecule has 3 nitrogen and oxygen atoms in total. The van der Waals surface area contributed by atoms with E-state index in [1.54, 1.807) is 11.3 Å². The van der Waals surface area contributed by atoms with Crippen LogP contribution in [0.3, 0.4) is 0 Å². The highest BCUT2D eigenvalue weighted by Gasteiger charge is 2.44. The van der Waals surface area contributed by atoms with E-state index in [9.17, 15) is 4.79 Å². The van der Waals surface area contributed by atoms with Crippen molar-refractivity contribution in [3.05, 3.63) is 21.4 Å². The van der Waals surface area contributed by atoms with Crippen LogP contribution in [0.15, 0.2) is 6.07 Å². The predicted molar refractivity (Wildman–Crippen MR) is 81.4 cm³/mol. The monoisotopic (exact) mass is 290 g/mol. The van der Waals surface area contributed by atoms with Crippen molar-refractivity contribution in [1.29, 1.82) is 0 Å². The number of amides is 1. The Morgan fingerprint density at radius 1 is 1.35 bits per heavy atom. The average Bonchev–Trinajstić information content (AvgIpc) is 3.10. The fourth-order valence-corrected chi connectivity index (χ4v) is 5.44. The van der Waals surface area contributed by atoms with Crippen LogP contribution in [0.2, 0.25) is 0 Å². The van der Waals surface area contributed by atoms with Crippen LogP contribution in [-0.4, -0.2) is 36.0 Å². The zero-order valence-corrected chi connectivity index (χ0v) is 12.8. The first-order valence-electron chi connectivity index (χ1n) is 7.89.